The van der Waals surface area contributed by atoms with E-state index in [4.69, 9.17) is 0 Å². The molecule has 0 saturated carbocycles. The van der Waals surface area contributed by atoms with Crippen LogP contribution in [0.15, 0.2) is 51.8 Å². The Balaban J connectivity index is 2.25. The predicted molar refractivity (Wildman–Crippen MR) is 87.7 cm³/mol. The fourth-order valence-corrected chi connectivity index (χ4v) is 3.01. The molecule has 2 aromatic carbocycles. The molecule has 0 aromatic heterocycles. The smallest absolute Gasteiger partial charge is 0.288 e. The fraction of sp³-hybridized carbons (Fsp3) is 0.143. The van der Waals surface area contributed by atoms with Crippen molar-refractivity contribution in [3.8, 4) is 0 Å². The number of halogens is 1. The zero-order valence-electron chi connectivity index (χ0n) is 11.6. The van der Waals surface area contributed by atoms with E-state index in [-0.39, 0.29) is 4.90 Å². The quantitative estimate of drug-likeness (QED) is 0.630. The first-order valence-corrected chi connectivity index (χ1v) is 8.92. The first-order valence-electron chi connectivity index (χ1n) is 6.24. The van der Waals surface area contributed by atoms with Crippen LogP contribution >= 0.6 is 15.9 Å². The molecule has 1 N–H and O–H groups in total. The zero-order valence-corrected chi connectivity index (χ0v) is 14.0. The summed E-state index contributed by atoms with van der Waals surface area (Å²) >= 11 is 3.34. The number of nitro groups is 1. The standard InChI is InChI=1S/C14H13BrN2O4S/c1-22(20,21)14-8-12(6-7-13(14)17(18)19)16-9-10-2-4-11(15)5-3-10/h2-8,16H,9H2,1H3. The molecule has 2 aromatic rings. The molecule has 6 nitrogen and oxygen atoms in total. The van der Waals surface area contributed by atoms with E-state index in [0.717, 1.165) is 16.3 Å². The lowest BCUT2D eigenvalue weighted by Gasteiger charge is -2.08. The molecule has 0 radical (unpaired) electrons. The number of sulfone groups is 1. The van der Waals surface area contributed by atoms with Crippen LogP contribution in [0.2, 0.25) is 0 Å². The van der Waals surface area contributed by atoms with Gasteiger partial charge in [0.1, 0.15) is 4.90 Å². The van der Waals surface area contributed by atoms with Crippen LogP contribution in [-0.2, 0) is 16.4 Å². The molecule has 0 amide bonds. The van der Waals surface area contributed by atoms with Crippen LogP contribution in [0.5, 0.6) is 0 Å². The van der Waals surface area contributed by atoms with Crippen molar-refractivity contribution in [2.75, 3.05) is 11.6 Å². The minimum Gasteiger partial charge on any atom is -0.381 e. The molecule has 116 valence electrons. The third-order valence-electron chi connectivity index (χ3n) is 2.97. The van der Waals surface area contributed by atoms with Gasteiger partial charge in [-0.05, 0) is 29.8 Å². The Bertz CT molecular complexity index is 804. The van der Waals surface area contributed by atoms with Gasteiger partial charge >= 0.3 is 0 Å². The van der Waals surface area contributed by atoms with E-state index in [9.17, 15) is 18.5 Å². The number of nitrogens with zero attached hydrogens (tertiary/aromatic N) is 1. The summed E-state index contributed by atoms with van der Waals surface area (Å²) in [6.07, 6.45) is 0.952. The van der Waals surface area contributed by atoms with Gasteiger partial charge in [-0.25, -0.2) is 8.42 Å². The van der Waals surface area contributed by atoms with Crippen molar-refractivity contribution in [2.45, 2.75) is 11.4 Å². The monoisotopic (exact) mass is 384 g/mol. The average Bonchev–Trinajstić information content (AvgIpc) is 2.45. The summed E-state index contributed by atoms with van der Waals surface area (Å²) in [5, 5.41) is 14.0. The van der Waals surface area contributed by atoms with Crippen molar-refractivity contribution in [3.05, 3.63) is 62.6 Å². The highest BCUT2D eigenvalue weighted by molar-refractivity contribution is 9.10. The van der Waals surface area contributed by atoms with Crippen molar-refractivity contribution in [3.63, 3.8) is 0 Å². The molecule has 2 rings (SSSR count). The molecular formula is C14H13BrN2O4S. The van der Waals surface area contributed by atoms with Crippen LogP contribution in [0.3, 0.4) is 0 Å². The largest absolute Gasteiger partial charge is 0.381 e. The van der Waals surface area contributed by atoms with Crippen molar-refractivity contribution in [1.82, 2.24) is 0 Å². The van der Waals surface area contributed by atoms with E-state index in [2.05, 4.69) is 21.2 Å². The van der Waals surface area contributed by atoms with E-state index < -0.39 is 20.4 Å². The Labute approximate surface area is 136 Å². The van der Waals surface area contributed by atoms with Gasteiger partial charge in [-0.3, -0.25) is 10.1 Å². The second kappa shape index (κ2) is 6.45. The third-order valence-corrected chi connectivity index (χ3v) is 4.62. The van der Waals surface area contributed by atoms with Gasteiger partial charge in [0.25, 0.3) is 5.69 Å². The molecule has 0 heterocycles. The predicted octanol–water partition coefficient (Wildman–Crippen LogP) is 3.37. The van der Waals surface area contributed by atoms with Crippen LogP contribution in [0.1, 0.15) is 5.56 Å². The molecular weight excluding hydrogens is 372 g/mol. The number of nitrogens with one attached hydrogen (secondary N) is 1. The van der Waals surface area contributed by atoms with Gasteiger partial charge in [0.15, 0.2) is 9.84 Å². The van der Waals surface area contributed by atoms with Crippen LogP contribution in [0, 0.1) is 10.1 Å². The maximum Gasteiger partial charge on any atom is 0.288 e. The highest BCUT2D eigenvalue weighted by Gasteiger charge is 2.22. The van der Waals surface area contributed by atoms with Crippen molar-refractivity contribution >= 4 is 37.1 Å². The molecule has 0 unspecified atom stereocenters. The van der Waals surface area contributed by atoms with Gasteiger partial charge in [-0.15, -0.1) is 0 Å². The SMILES string of the molecule is CS(=O)(=O)c1cc(NCc2ccc(Br)cc2)ccc1[N+](=O)[O-]. The van der Waals surface area contributed by atoms with Gasteiger partial charge in [0.2, 0.25) is 0 Å². The molecule has 0 fully saturated rings. The van der Waals surface area contributed by atoms with E-state index >= 15 is 0 Å². The maximum atomic E-state index is 11.7. The van der Waals surface area contributed by atoms with Gasteiger partial charge in [0.05, 0.1) is 4.92 Å². The summed E-state index contributed by atoms with van der Waals surface area (Å²) in [6.45, 7) is 0.480. The number of hydrogen-bond acceptors (Lipinski definition) is 5. The van der Waals surface area contributed by atoms with Gasteiger partial charge in [0, 0.05) is 29.0 Å². The number of hydrogen-bond donors (Lipinski definition) is 1. The lowest BCUT2D eigenvalue weighted by Crippen LogP contribution is -2.05. The van der Waals surface area contributed by atoms with Gasteiger partial charge < -0.3 is 5.32 Å². The molecule has 0 bridgehead atoms. The topological polar surface area (TPSA) is 89.3 Å². The average molecular weight is 385 g/mol. The van der Waals surface area contributed by atoms with Gasteiger partial charge in [-0.1, -0.05) is 28.1 Å². The second-order valence-corrected chi connectivity index (χ2v) is 7.59. The minimum absolute atomic E-state index is 0.293. The van der Waals surface area contributed by atoms with Crippen LogP contribution in [-0.4, -0.2) is 19.6 Å². The lowest BCUT2D eigenvalue weighted by atomic mass is 10.2. The van der Waals surface area contributed by atoms with Gasteiger partial charge in [-0.2, -0.15) is 0 Å². The molecule has 0 aliphatic heterocycles. The summed E-state index contributed by atoms with van der Waals surface area (Å²) in [7, 11) is -3.68. The second-order valence-electron chi connectivity index (χ2n) is 4.69. The van der Waals surface area contributed by atoms with E-state index in [0.29, 0.717) is 12.2 Å². The maximum absolute atomic E-state index is 11.7. The number of nitro benzene ring substituents is 1. The molecule has 0 atom stereocenters. The molecule has 22 heavy (non-hydrogen) atoms. The molecule has 0 aliphatic carbocycles. The zero-order chi connectivity index (χ0) is 16.3. The summed E-state index contributed by atoms with van der Waals surface area (Å²) in [6, 6.07) is 11.6. The molecule has 0 spiro atoms. The molecule has 0 saturated heterocycles. The first kappa shape index (κ1) is 16.4. The van der Waals surface area contributed by atoms with Crippen LogP contribution < -0.4 is 5.32 Å². The number of benzene rings is 2. The minimum atomic E-state index is -3.68. The number of anilines is 1. The molecule has 0 aliphatic rings. The Hall–Kier alpha value is -1.93. The van der Waals surface area contributed by atoms with E-state index in [1.807, 2.05) is 24.3 Å². The fourth-order valence-electron chi connectivity index (χ4n) is 1.88. The Morgan fingerprint density at radius 3 is 2.36 bits per heavy atom. The number of rotatable bonds is 5. The van der Waals surface area contributed by atoms with Crippen LogP contribution in [0.25, 0.3) is 0 Å². The summed E-state index contributed by atoms with van der Waals surface area (Å²) < 4.78 is 24.3. The first-order chi connectivity index (χ1) is 10.3. The summed E-state index contributed by atoms with van der Waals surface area (Å²) in [4.78, 5) is 9.91. The van der Waals surface area contributed by atoms with Crippen molar-refractivity contribution < 1.29 is 13.3 Å². The Morgan fingerprint density at radius 1 is 1.18 bits per heavy atom. The van der Waals surface area contributed by atoms with Crippen LogP contribution in [0.4, 0.5) is 11.4 Å². The molecule has 8 heteroatoms. The van der Waals surface area contributed by atoms with Crippen molar-refractivity contribution in [2.24, 2.45) is 0 Å². The van der Waals surface area contributed by atoms with E-state index in [1.165, 1.54) is 18.2 Å². The Kier molecular flexibility index (Phi) is 4.82. The highest BCUT2D eigenvalue weighted by atomic mass is 79.9. The summed E-state index contributed by atoms with van der Waals surface area (Å²) in [5.41, 5.74) is 1.09. The lowest BCUT2D eigenvalue weighted by molar-refractivity contribution is -0.387. The van der Waals surface area contributed by atoms with Crippen molar-refractivity contribution in [1.29, 1.82) is 0 Å². The normalized spacial score (nSPS) is 11.2. The highest BCUT2D eigenvalue weighted by Crippen LogP contribution is 2.27. The third kappa shape index (κ3) is 4.05. The van der Waals surface area contributed by atoms with E-state index in [1.54, 1.807) is 0 Å². The summed E-state index contributed by atoms with van der Waals surface area (Å²) in [5.74, 6) is 0. The Morgan fingerprint density at radius 2 is 1.82 bits per heavy atom.